The molecule has 0 radical (unpaired) electrons. The number of rotatable bonds is 4. The fourth-order valence-electron chi connectivity index (χ4n) is 3.60. The molecule has 0 aliphatic carbocycles. The number of hydrogen-bond acceptors (Lipinski definition) is 6. The van der Waals surface area contributed by atoms with E-state index in [1.807, 2.05) is 27.7 Å². The molecule has 27 heavy (non-hydrogen) atoms. The van der Waals surface area contributed by atoms with E-state index >= 15 is 0 Å². The molecular weight excluding hydrogens is 415 g/mol. The average Bonchev–Trinajstić information content (AvgIpc) is 2.59. The number of aromatic nitrogens is 3. The summed E-state index contributed by atoms with van der Waals surface area (Å²) >= 11 is 3.36. The summed E-state index contributed by atoms with van der Waals surface area (Å²) in [4.78, 5) is 4.33. The number of methoxy groups -OCH3 is 1. The van der Waals surface area contributed by atoms with Gasteiger partial charge in [0.15, 0.2) is 6.17 Å². The highest BCUT2D eigenvalue weighted by Gasteiger charge is 2.47. The Morgan fingerprint density at radius 3 is 2.59 bits per heavy atom. The first-order valence-corrected chi connectivity index (χ1v) is 9.54. The first kappa shape index (κ1) is 19.9. The quantitative estimate of drug-likeness (QED) is 0.779. The van der Waals surface area contributed by atoms with E-state index in [-0.39, 0.29) is 11.4 Å². The molecule has 2 aromatic heterocycles. The highest BCUT2D eigenvalue weighted by Crippen LogP contribution is 2.34. The molecule has 0 amide bonds. The van der Waals surface area contributed by atoms with Gasteiger partial charge in [0.1, 0.15) is 23.2 Å². The van der Waals surface area contributed by atoms with Crippen LogP contribution >= 0.6 is 15.9 Å². The van der Waals surface area contributed by atoms with Gasteiger partial charge in [-0.3, -0.25) is 0 Å². The molecule has 3 rings (SSSR count). The summed E-state index contributed by atoms with van der Waals surface area (Å²) in [5, 5.41) is 11.6. The Hall–Kier alpha value is -1.80. The van der Waals surface area contributed by atoms with Crippen LogP contribution in [0.1, 0.15) is 34.1 Å². The van der Waals surface area contributed by atoms with E-state index < -0.39 is 17.8 Å². The smallest absolute Gasteiger partial charge is 0.233 e. The van der Waals surface area contributed by atoms with E-state index in [0.29, 0.717) is 23.6 Å². The van der Waals surface area contributed by atoms with Gasteiger partial charge >= 0.3 is 0 Å². The minimum Gasteiger partial charge on any atom is -0.494 e. The maximum atomic E-state index is 14.9. The molecule has 2 atom stereocenters. The Labute approximate surface area is 167 Å². The third-order valence-corrected chi connectivity index (χ3v) is 5.02. The zero-order valence-corrected chi connectivity index (χ0v) is 17.7. The number of alkyl halides is 1. The lowest BCUT2D eigenvalue weighted by atomic mass is 9.79. The van der Waals surface area contributed by atoms with Crippen molar-refractivity contribution in [3.8, 4) is 23.0 Å². The molecule has 0 saturated carbocycles. The normalized spacial score (nSPS) is 23.7. The summed E-state index contributed by atoms with van der Waals surface area (Å²) in [6.07, 6.45) is 0.428. The van der Waals surface area contributed by atoms with Crippen molar-refractivity contribution in [3.05, 3.63) is 28.9 Å². The number of ether oxygens (including phenoxy) is 2. The Bertz CT molecular complexity index is 814. The zero-order valence-electron chi connectivity index (χ0n) is 16.1. The molecule has 1 N–H and O–H groups in total. The van der Waals surface area contributed by atoms with Crippen molar-refractivity contribution in [2.75, 3.05) is 7.11 Å². The van der Waals surface area contributed by atoms with E-state index in [4.69, 9.17) is 9.47 Å². The fourth-order valence-corrected chi connectivity index (χ4v) is 3.91. The van der Waals surface area contributed by atoms with Gasteiger partial charge in [0.05, 0.1) is 7.11 Å². The number of nitrogens with zero attached hydrogens (tertiary/aromatic N) is 3. The molecule has 146 valence electrons. The largest absolute Gasteiger partial charge is 0.494 e. The summed E-state index contributed by atoms with van der Waals surface area (Å²) in [6, 6.07) is 5.23. The van der Waals surface area contributed by atoms with Crippen molar-refractivity contribution in [1.82, 2.24) is 20.5 Å². The topological polar surface area (TPSA) is 69.2 Å². The summed E-state index contributed by atoms with van der Waals surface area (Å²) in [7, 11) is 1.57. The van der Waals surface area contributed by atoms with Crippen LogP contribution in [0.3, 0.4) is 0 Å². The summed E-state index contributed by atoms with van der Waals surface area (Å²) in [5.41, 5.74) is 0.203. The second-order valence-corrected chi connectivity index (χ2v) is 8.87. The van der Waals surface area contributed by atoms with Crippen LogP contribution in [-0.4, -0.2) is 45.6 Å². The molecule has 1 fully saturated rings. The predicted octanol–water partition coefficient (Wildman–Crippen LogP) is 3.95. The summed E-state index contributed by atoms with van der Waals surface area (Å²) in [6.45, 7) is 7.76. The molecule has 2 aromatic rings. The van der Waals surface area contributed by atoms with Crippen LogP contribution in [0.15, 0.2) is 28.9 Å². The average molecular weight is 439 g/mol. The lowest BCUT2D eigenvalue weighted by Crippen LogP contribution is -2.66. The van der Waals surface area contributed by atoms with Gasteiger partial charge in [-0.1, -0.05) is 0 Å². The lowest BCUT2D eigenvalue weighted by Gasteiger charge is -2.48. The molecule has 6 nitrogen and oxygen atoms in total. The molecule has 0 spiro atoms. The third-order valence-electron chi connectivity index (χ3n) is 4.58. The molecule has 8 heteroatoms. The Morgan fingerprint density at radius 2 is 1.96 bits per heavy atom. The van der Waals surface area contributed by atoms with Crippen molar-refractivity contribution in [1.29, 1.82) is 0 Å². The van der Waals surface area contributed by atoms with Crippen molar-refractivity contribution in [2.24, 2.45) is 0 Å². The van der Waals surface area contributed by atoms with Gasteiger partial charge in [0.2, 0.25) is 5.88 Å². The number of pyridine rings is 1. The van der Waals surface area contributed by atoms with Crippen molar-refractivity contribution < 1.29 is 13.9 Å². The predicted molar refractivity (Wildman–Crippen MR) is 105 cm³/mol. The minimum atomic E-state index is -1.17. The van der Waals surface area contributed by atoms with Gasteiger partial charge in [-0.15, -0.1) is 10.2 Å². The van der Waals surface area contributed by atoms with Gasteiger partial charge < -0.3 is 14.8 Å². The van der Waals surface area contributed by atoms with Gasteiger partial charge in [-0.05, 0) is 55.8 Å². The molecule has 0 aromatic carbocycles. The second kappa shape index (κ2) is 7.31. The molecule has 0 bridgehead atoms. The van der Waals surface area contributed by atoms with Crippen LogP contribution in [0.4, 0.5) is 4.39 Å². The lowest BCUT2D eigenvalue weighted by molar-refractivity contribution is -0.0281. The maximum Gasteiger partial charge on any atom is 0.233 e. The standard InChI is InChI=1S/C19H24BrFN4O2/c1-18(2)9-14(17(21)19(3,4)25-18)27-15-7-6-12(23-24-15)16-13(26-5)8-11(20)10-22-16/h6-8,10,14,17,25H,9H2,1-5H3. The van der Waals surface area contributed by atoms with Gasteiger partial charge in [0.25, 0.3) is 0 Å². The Balaban J connectivity index is 1.80. The molecule has 1 saturated heterocycles. The van der Waals surface area contributed by atoms with Crippen molar-refractivity contribution >= 4 is 15.9 Å². The van der Waals surface area contributed by atoms with Crippen LogP contribution in [0.25, 0.3) is 11.4 Å². The van der Waals surface area contributed by atoms with Crippen molar-refractivity contribution in [2.45, 2.75) is 57.5 Å². The molecular formula is C19H24BrFN4O2. The van der Waals surface area contributed by atoms with E-state index in [2.05, 4.69) is 36.4 Å². The highest BCUT2D eigenvalue weighted by atomic mass is 79.9. The second-order valence-electron chi connectivity index (χ2n) is 7.95. The number of hydrogen-bond donors (Lipinski definition) is 1. The SMILES string of the molecule is COc1cc(Br)cnc1-c1ccc(OC2CC(C)(C)NC(C)(C)C2F)nn1. The molecule has 3 heterocycles. The van der Waals surface area contributed by atoms with Gasteiger partial charge in [-0.2, -0.15) is 0 Å². The maximum absolute atomic E-state index is 14.9. The summed E-state index contributed by atoms with van der Waals surface area (Å²) < 4.78 is 26.9. The molecule has 1 aliphatic heterocycles. The van der Waals surface area contributed by atoms with E-state index in [1.54, 1.807) is 31.5 Å². The fraction of sp³-hybridized carbons (Fsp3) is 0.526. The number of nitrogens with one attached hydrogen (secondary N) is 1. The van der Waals surface area contributed by atoms with Crippen LogP contribution in [0.2, 0.25) is 0 Å². The minimum absolute atomic E-state index is 0.237. The van der Waals surface area contributed by atoms with Gasteiger partial charge in [0, 0.05) is 34.2 Å². The van der Waals surface area contributed by atoms with Crippen LogP contribution in [0.5, 0.6) is 11.6 Å². The highest BCUT2D eigenvalue weighted by molar-refractivity contribution is 9.10. The van der Waals surface area contributed by atoms with Crippen molar-refractivity contribution in [3.63, 3.8) is 0 Å². The van der Waals surface area contributed by atoms with Crippen LogP contribution in [0, 0.1) is 0 Å². The molecule has 2 unspecified atom stereocenters. The third kappa shape index (κ3) is 4.38. The monoisotopic (exact) mass is 438 g/mol. The van der Waals surface area contributed by atoms with E-state index in [1.165, 1.54) is 0 Å². The number of piperidine rings is 1. The number of halogens is 2. The van der Waals surface area contributed by atoms with Crippen LogP contribution < -0.4 is 14.8 Å². The summed E-state index contributed by atoms with van der Waals surface area (Å²) in [5.74, 6) is 0.869. The molecule has 1 aliphatic rings. The van der Waals surface area contributed by atoms with E-state index in [9.17, 15) is 4.39 Å². The van der Waals surface area contributed by atoms with E-state index in [0.717, 1.165) is 4.47 Å². The Morgan fingerprint density at radius 1 is 1.22 bits per heavy atom. The van der Waals surface area contributed by atoms with Crippen LogP contribution in [-0.2, 0) is 0 Å². The zero-order chi connectivity index (χ0) is 19.8. The first-order valence-electron chi connectivity index (χ1n) is 8.75. The van der Waals surface area contributed by atoms with Gasteiger partial charge in [-0.25, -0.2) is 9.37 Å². The Kier molecular flexibility index (Phi) is 5.40. The first-order chi connectivity index (χ1) is 12.6.